The molecule has 0 aromatic carbocycles. The van der Waals surface area contributed by atoms with Crippen LogP contribution in [-0.2, 0) is 11.3 Å². The van der Waals surface area contributed by atoms with Crippen molar-refractivity contribution in [2.45, 2.75) is 19.9 Å². The molecule has 0 aliphatic heterocycles. The number of carbonyl (C=O) groups is 1. The first kappa shape index (κ1) is 15.1. The van der Waals surface area contributed by atoms with Gasteiger partial charge in [0.2, 0.25) is 11.7 Å². The zero-order valence-corrected chi connectivity index (χ0v) is 13.3. The number of aliphatic carboxylic acids is 1. The van der Waals surface area contributed by atoms with E-state index in [0.717, 1.165) is 15.8 Å². The van der Waals surface area contributed by atoms with Gasteiger partial charge in [0.25, 0.3) is 0 Å². The summed E-state index contributed by atoms with van der Waals surface area (Å²) in [5, 5.41) is 14.7. The molecule has 0 spiro atoms. The van der Waals surface area contributed by atoms with Crippen LogP contribution in [0.15, 0.2) is 20.4 Å². The van der Waals surface area contributed by atoms with Crippen LogP contribution >= 0.6 is 27.3 Å². The minimum absolute atomic E-state index is 0.0316. The van der Waals surface area contributed by atoms with E-state index in [0.29, 0.717) is 24.8 Å². The summed E-state index contributed by atoms with van der Waals surface area (Å²) in [7, 11) is 0. The smallest absolute Gasteiger partial charge is 0.317 e. The Morgan fingerprint density at radius 1 is 1.60 bits per heavy atom. The molecule has 1 N–H and O–H groups in total. The van der Waals surface area contributed by atoms with Gasteiger partial charge in [0.05, 0.1) is 18.0 Å². The lowest BCUT2D eigenvalue weighted by Gasteiger charge is -2.16. The zero-order chi connectivity index (χ0) is 14.5. The van der Waals surface area contributed by atoms with E-state index in [-0.39, 0.29) is 6.54 Å². The quantitative estimate of drug-likeness (QED) is 0.818. The number of carboxylic acid groups (broad SMARTS) is 1. The molecule has 2 aromatic heterocycles. The molecule has 0 amide bonds. The van der Waals surface area contributed by atoms with E-state index in [4.69, 9.17) is 9.63 Å². The normalized spacial score (nSPS) is 11.2. The van der Waals surface area contributed by atoms with Crippen LogP contribution in [0.2, 0.25) is 0 Å². The van der Waals surface area contributed by atoms with Crippen molar-refractivity contribution in [1.29, 1.82) is 0 Å². The number of carboxylic acids is 1. The van der Waals surface area contributed by atoms with Gasteiger partial charge in [0.15, 0.2) is 0 Å². The van der Waals surface area contributed by atoms with Gasteiger partial charge in [-0.2, -0.15) is 4.98 Å². The topological polar surface area (TPSA) is 79.5 Å². The molecule has 2 heterocycles. The molecule has 0 unspecified atom stereocenters. The fourth-order valence-corrected chi connectivity index (χ4v) is 3.11. The predicted octanol–water partition coefficient (Wildman–Crippen LogP) is 2.86. The van der Waals surface area contributed by atoms with Gasteiger partial charge in [0.1, 0.15) is 0 Å². The molecule has 0 saturated carbocycles. The summed E-state index contributed by atoms with van der Waals surface area (Å²) < 4.78 is 6.16. The van der Waals surface area contributed by atoms with Gasteiger partial charge < -0.3 is 9.63 Å². The molecule has 0 atom stereocenters. The zero-order valence-electron chi connectivity index (χ0n) is 10.9. The van der Waals surface area contributed by atoms with E-state index in [1.165, 1.54) is 11.3 Å². The number of rotatable bonds is 7. The molecule has 0 radical (unpaired) electrons. The van der Waals surface area contributed by atoms with Crippen LogP contribution in [0.3, 0.4) is 0 Å². The lowest BCUT2D eigenvalue weighted by atomic mass is 10.4. The van der Waals surface area contributed by atoms with Crippen molar-refractivity contribution in [3.05, 3.63) is 21.8 Å². The van der Waals surface area contributed by atoms with Crippen LogP contribution < -0.4 is 0 Å². The average molecular weight is 360 g/mol. The predicted molar refractivity (Wildman–Crippen MR) is 78.5 cm³/mol. The summed E-state index contributed by atoms with van der Waals surface area (Å²) in [6.45, 7) is 2.99. The van der Waals surface area contributed by atoms with Crippen molar-refractivity contribution in [2.24, 2.45) is 0 Å². The molecule has 0 saturated heterocycles. The van der Waals surface area contributed by atoms with Crippen LogP contribution in [-0.4, -0.2) is 39.2 Å². The van der Waals surface area contributed by atoms with E-state index in [2.05, 4.69) is 26.1 Å². The number of thiophene rings is 1. The van der Waals surface area contributed by atoms with Gasteiger partial charge in [-0.1, -0.05) is 12.1 Å². The highest BCUT2D eigenvalue weighted by Gasteiger charge is 2.15. The van der Waals surface area contributed by atoms with E-state index in [9.17, 15) is 4.79 Å². The second-order valence-corrected chi connectivity index (χ2v) is 6.07. The van der Waals surface area contributed by atoms with E-state index in [1.807, 2.05) is 18.4 Å². The standard InChI is InChI=1S/C12H14BrN3O3S/c1-2-3-16(6-11(17)18)5-10-14-12(15-19-10)9-4-8(13)7-20-9/h4,7H,2-3,5-6H2,1H3,(H,17,18). The molecule has 2 aromatic rings. The largest absolute Gasteiger partial charge is 0.480 e. The molecular weight excluding hydrogens is 346 g/mol. The van der Waals surface area contributed by atoms with Crippen molar-refractivity contribution in [3.63, 3.8) is 0 Å². The molecule has 6 nitrogen and oxygen atoms in total. The van der Waals surface area contributed by atoms with Gasteiger partial charge in [-0.25, -0.2) is 0 Å². The monoisotopic (exact) mass is 359 g/mol. The van der Waals surface area contributed by atoms with Crippen LogP contribution in [0.1, 0.15) is 19.2 Å². The van der Waals surface area contributed by atoms with Crippen LogP contribution in [0.25, 0.3) is 10.7 Å². The Morgan fingerprint density at radius 3 is 3.00 bits per heavy atom. The third-order valence-corrected chi connectivity index (χ3v) is 4.20. The van der Waals surface area contributed by atoms with Crippen molar-refractivity contribution in [3.8, 4) is 10.7 Å². The minimum atomic E-state index is -0.861. The van der Waals surface area contributed by atoms with Crippen molar-refractivity contribution < 1.29 is 14.4 Å². The molecule has 2 rings (SSSR count). The average Bonchev–Trinajstić information content (AvgIpc) is 2.97. The maximum Gasteiger partial charge on any atom is 0.317 e. The molecule has 20 heavy (non-hydrogen) atoms. The van der Waals surface area contributed by atoms with Gasteiger partial charge in [-0.05, 0) is 35.0 Å². The van der Waals surface area contributed by atoms with Crippen molar-refractivity contribution in [1.82, 2.24) is 15.0 Å². The minimum Gasteiger partial charge on any atom is -0.480 e. The third kappa shape index (κ3) is 4.12. The second-order valence-electron chi connectivity index (χ2n) is 4.25. The Bertz CT molecular complexity index is 584. The Kier molecular flexibility index (Phi) is 5.27. The Balaban J connectivity index is 2.05. The molecule has 108 valence electrons. The molecule has 0 aliphatic carbocycles. The van der Waals surface area contributed by atoms with Crippen molar-refractivity contribution in [2.75, 3.05) is 13.1 Å². The number of hydrogen-bond acceptors (Lipinski definition) is 6. The number of halogens is 1. The van der Waals surface area contributed by atoms with Gasteiger partial charge in [-0.15, -0.1) is 11.3 Å². The fourth-order valence-electron chi connectivity index (χ4n) is 1.76. The fraction of sp³-hybridized carbons (Fsp3) is 0.417. The van der Waals surface area contributed by atoms with E-state index in [1.54, 1.807) is 4.90 Å². The van der Waals surface area contributed by atoms with Gasteiger partial charge in [0, 0.05) is 9.85 Å². The summed E-state index contributed by atoms with van der Waals surface area (Å²) >= 11 is 4.89. The second kappa shape index (κ2) is 6.96. The Hall–Kier alpha value is -1.25. The molecule has 0 bridgehead atoms. The Morgan fingerprint density at radius 2 is 2.40 bits per heavy atom. The van der Waals surface area contributed by atoms with Crippen molar-refractivity contribution >= 4 is 33.2 Å². The highest BCUT2D eigenvalue weighted by molar-refractivity contribution is 9.10. The highest BCUT2D eigenvalue weighted by Crippen LogP contribution is 2.27. The van der Waals surface area contributed by atoms with Crippen LogP contribution in [0, 0.1) is 0 Å². The SMILES string of the molecule is CCCN(CC(=O)O)Cc1nc(-c2cc(Br)cs2)no1. The number of hydrogen-bond donors (Lipinski definition) is 1. The summed E-state index contributed by atoms with van der Waals surface area (Å²) in [6, 6.07) is 1.92. The molecular formula is C12H14BrN3O3S. The van der Waals surface area contributed by atoms with Crippen LogP contribution in [0.5, 0.6) is 0 Å². The Labute approximate surface area is 128 Å². The maximum atomic E-state index is 10.8. The summed E-state index contributed by atoms with van der Waals surface area (Å²) in [5.74, 6) is 0.0991. The number of aromatic nitrogens is 2. The lowest BCUT2D eigenvalue weighted by Crippen LogP contribution is -2.30. The summed E-state index contributed by atoms with van der Waals surface area (Å²) in [4.78, 5) is 17.8. The molecule has 8 heteroatoms. The third-order valence-electron chi connectivity index (χ3n) is 2.51. The van der Waals surface area contributed by atoms with Crippen LogP contribution in [0.4, 0.5) is 0 Å². The number of nitrogens with zero attached hydrogens (tertiary/aromatic N) is 3. The molecule has 0 fully saturated rings. The van der Waals surface area contributed by atoms with Gasteiger partial charge in [-0.3, -0.25) is 9.69 Å². The molecule has 0 aliphatic rings. The first-order chi connectivity index (χ1) is 9.58. The maximum absolute atomic E-state index is 10.8. The first-order valence-corrected chi connectivity index (χ1v) is 7.77. The highest BCUT2D eigenvalue weighted by atomic mass is 79.9. The summed E-state index contributed by atoms with van der Waals surface area (Å²) in [5.41, 5.74) is 0. The van der Waals surface area contributed by atoms with E-state index >= 15 is 0 Å². The van der Waals surface area contributed by atoms with Gasteiger partial charge >= 0.3 is 5.97 Å². The first-order valence-electron chi connectivity index (χ1n) is 6.09. The van der Waals surface area contributed by atoms with E-state index < -0.39 is 5.97 Å². The summed E-state index contributed by atoms with van der Waals surface area (Å²) in [6.07, 6.45) is 0.867. The lowest BCUT2D eigenvalue weighted by molar-refractivity contribution is -0.138.